The van der Waals surface area contributed by atoms with Crippen molar-refractivity contribution in [3.05, 3.63) is 29.8 Å². The number of Topliss-reactive ketones (excluding diaryl/α,β-unsaturated/α-hetero) is 1. The molecule has 0 heterocycles. The Kier molecular flexibility index (Phi) is 3.65. The second-order valence-corrected chi connectivity index (χ2v) is 4.57. The molecule has 1 fully saturated rings. The monoisotopic (exact) mass is 248 g/mol. The number of hydrogen-bond acceptors (Lipinski definition) is 3. The topological polar surface area (TPSA) is 63.6 Å². The van der Waals surface area contributed by atoms with Crippen molar-refractivity contribution in [1.82, 2.24) is 0 Å². The first-order valence-corrected chi connectivity index (χ1v) is 6.04. The lowest BCUT2D eigenvalue weighted by Gasteiger charge is -2.14. The third-order valence-electron chi connectivity index (χ3n) is 3.54. The van der Waals surface area contributed by atoms with E-state index in [4.69, 9.17) is 9.84 Å². The zero-order valence-electron chi connectivity index (χ0n) is 10.3. The molecular weight excluding hydrogens is 232 g/mol. The minimum Gasteiger partial charge on any atom is -0.497 e. The zero-order chi connectivity index (χ0) is 13.1. The Bertz CT molecular complexity index is 449. The van der Waals surface area contributed by atoms with Crippen LogP contribution < -0.4 is 4.74 Å². The molecule has 1 aromatic carbocycles. The van der Waals surface area contributed by atoms with Crippen LogP contribution >= 0.6 is 0 Å². The number of carbonyl (C=O) groups is 2. The SMILES string of the molecule is COc1ccc(C(=O)[C@@H]2CCC[C@H]2C(=O)O)cc1. The average Bonchev–Trinajstić information content (AvgIpc) is 2.87. The van der Waals surface area contributed by atoms with E-state index in [0.29, 0.717) is 24.2 Å². The van der Waals surface area contributed by atoms with Gasteiger partial charge in [-0.1, -0.05) is 6.42 Å². The number of ether oxygens (including phenoxy) is 1. The molecule has 0 unspecified atom stereocenters. The molecule has 0 amide bonds. The predicted octanol–water partition coefficient (Wildman–Crippen LogP) is 2.38. The molecule has 0 spiro atoms. The summed E-state index contributed by atoms with van der Waals surface area (Å²) in [7, 11) is 1.56. The molecule has 0 saturated heterocycles. The standard InChI is InChI=1S/C14H16O4/c1-18-10-7-5-9(6-8-10)13(15)11-3-2-4-12(11)14(16)17/h5-8,11-12H,2-4H2,1H3,(H,16,17)/t11-,12-/m1/s1. The van der Waals surface area contributed by atoms with Gasteiger partial charge in [-0.3, -0.25) is 9.59 Å². The first-order valence-electron chi connectivity index (χ1n) is 6.04. The maximum atomic E-state index is 12.3. The number of carbonyl (C=O) groups excluding carboxylic acids is 1. The maximum absolute atomic E-state index is 12.3. The summed E-state index contributed by atoms with van der Waals surface area (Å²) in [6, 6.07) is 6.83. The van der Waals surface area contributed by atoms with Gasteiger partial charge in [-0.2, -0.15) is 0 Å². The van der Waals surface area contributed by atoms with Crippen molar-refractivity contribution in [3.63, 3.8) is 0 Å². The fourth-order valence-corrected chi connectivity index (χ4v) is 2.54. The number of rotatable bonds is 4. The number of aliphatic carboxylic acids is 1. The van der Waals surface area contributed by atoms with Crippen LogP contribution in [0, 0.1) is 11.8 Å². The van der Waals surface area contributed by atoms with Gasteiger partial charge in [0.15, 0.2) is 5.78 Å². The quantitative estimate of drug-likeness (QED) is 0.831. The Balaban J connectivity index is 2.17. The third-order valence-corrected chi connectivity index (χ3v) is 3.54. The van der Waals surface area contributed by atoms with E-state index in [1.54, 1.807) is 31.4 Å². The highest BCUT2D eigenvalue weighted by Gasteiger charge is 2.37. The second-order valence-electron chi connectivity index (χ2n) is 4.57. The number of carboxylic acids is 1. The summed E-state index contributed by atoms with van der Waals surface area (Å²) in [4.78, 5) is 23.3. The summed E-state index contributed by atoms with van der Waals surface area (Å²) < 4.78 is 5.03. The van der Waals surface area contributed by atoms with E-state index >= 15 is 0 Å². The van der Waals surface area contributed by atoms with Crippen LogP contribution in [-0.4, -0.2) is 24.0 Å². The van der Waals surface area contributed by atoms with Crippen molar-refractivity contribution >= 4 is 11.8 Å². The van der Waals surface area contributed by atoms with Gasteiger partial charge in [0, 0.05) is 11.5 Å². The first-order chi connectivity index (χ1) is 8.63. The van der Waals surface area contributed by atoms with Crippen molar-refractivity contribution in [2.75, 3.05) is 7.11 Å². The van der Waals surface area contributed by atoms with Gasteiger partial charge in [0.05, 0.1) is 13.0 Å². The molecular formula is C14H16O4. The maximum Gasteiger partial charge on any atom is 0.307 e. The summed E-state index contributed by atoms with van der Waals surface area (Å²) in [6.45, 7) is 0. The Hall–Kier alpha value is -1.84. The van der Waals surface area contributed by atoms with Gasteiger partial charge in [0.25, 0.3) is 0 Å². The number of hydrogen-bond donors (Lipinski definition) is 1. The van der Waals surface area contributed by atoms with Crippen LogP contribution in [0.1, 0.15) is 29.6 Å². The van der Waals surface area contributed by atoms with Crippen LogP contribution in [0.15, 0.2) is 24.3 Å². The Morgan fingerprint density at radius 3 is 2.33 bits per heavy atom. The summed E-state index contributed by atoms with van der Waals surface area (Å²) in [5, 5.41) is 9.09. The van der Waals surface area contributed by atoms with Gasteiger partial charge in [-0.05, 0) is 37.1 Å². The molecule has 96 valence electrons. The van der Waals surface area contributed by atoms with Gasteiger partial charge in [0.1, 0.15) is 5.75 Å². The van der Waals surface area contributed by atoms with Gasteiger partial charge >= 0.3 is 5.97 Å². The van der Waals surface area contributed by atoms with Crippen molar-refractivity contribution in [3.8, 4) is 5.75 Å². The van der Waals surface area contributed by atoms with Gasteiger partial charge in [-0.25, -0.2) is 0 Å². The van der Waals surface area contributed by atoms with Crippen LogP contribution in [0.5, 0.6) is 5.75 Å². The second kappa shape index (κ2) is 5.21. The molecule has 0 aromatic heterocycles. The van der Waals surface area contributed by atoms with Crippen molar-refractivity contribution in [2.45, 2.75) is 19.3 Å². The molecule has 0 bridgehead atoms. The van der Waals surface area contributed by atoms with E-state index in [1.807, 2.05) is 0 Å². The van der Waals surface area contributed by atoms with Crippen LogP contribution in [-0.2, 0) is 4.79 Å². The zero-order valence-corrected chi connectivity index (χ0v) is 10.3. The molecule has 1 N–H and O–H groups in total. The number of ketones is 1. The fraction of sp³-hybridized carbons (Fsp3) is 0.429. The van der Waals surface area contributed by atoms with E-state index in [-0.39, 0.29) is 11.7 Å². The van der Waals surface area contributed by atoms with Crippen molar-refractivity contribution in [1.29, 1.82) is 0 Å². The Morgan fingerprint density at radius 1 is 1.17 bits per heavy atom. The van der Waals surface area contributed by atoms with Gasteiger partial charge < -0.3 is 9.84 Å². The highest BCUT2D eigenvalue weighted by molar-refractivity contribution is 6.00. The van der Waals surface area contributed by atoms with E-state index < -0.39 is 11.9 Å². The molecule has 18 heavy (non-hydrogen) atoms. The Morgan fingerprint density at radius 2 is 1.78 bits per heavy atom. The smallest absolute Gasteiger partial charge is 0.307 e. The molecule has 1 aliphatic rings. The number of methoxy groups -OCH3 is 1. The minimum absolute atomic E-state index is 0.0671. The van der Waals surface area contributed by atoms with Crippen molar-refractivity contribution in [2.24, 2.45) is 11.8 Å². The van der Waals surface area contributed by atoms with Crippen LogP contribution in [0.25, 0.3) is 0 Å². The average molecular weight is 248 g/mol. The summed E-state index contributed by atoms with van der Waals surface area (Å²) in [5.74, 6) is -1.15. The number of benzene rings is 1. The lowest BCUT2D eigenvalue weighted by molar-refractivity contribution is -0.142. The van der Waals surface area contributed by atoms with Crippen LogP contribution in [0.4, 0.5) is 0 Å². The third kappa shape index (κ3) is 2.37. The highest BCUT2D eigenvalue weighted by Crippen LogP contribution is 2.34. The molecule has 2 atom stereocenters. The molecule has 0 aliphatic heterocycles. The molecule has 0 radical (unpaired) electrons. The van der Waals surface area contributed by atoms with E-state index in [2.05, 4.69) is 0 Å². The molecule has 4 nitrogen and oxygen atoms in total. The summed E-state index contributed by atoms with van der Waals surface area (Å²) in [5.41, 5.74) is 0.564. The van der Waals surface area contributed by atoms with Crippen LogP contribution in [0.3, 0.4) is 0 Å². The highest BCUT2D eigenvalue weighted by atomic mass is 16.5. The number of carboxylic acid groups (broad SMARTS) is 1. The largest absolute Gasteiger partial charge is 0.497 e. The van der Waals surface area contributed by atoms with Gasteiger partial charge in [-0.15, -0.1) is 0 Å². The molecule has 2 rings (SSSR count). The van der Waals surface area contributed by atoms with Gasteiger partial charge in [0.2, 0.25) is 0 Å². The summed E-state index contributed by atoms with van der Waals surface area (Å²) >= 11 is 0. The van der Waals surface area contributed by atoms with Crippen molar-refractivity contribution < 1.29 is 19.4 Å². The van der Waals surface area contributed by atoms with Crippen LogP contribution in [0.2, 0.25) is 0 Å². The molecule has 1 aromatic rings. The lowest BCUT2D eigenvalue weighted by Crippen LogP contribution is -2.25. The van der Waals surface area contributed by atoms with E-state index in [0.717, 1.165) is 6.42 Å². The minimum atomic E-state index is -0.862. The van der Waals surface area contributed by atoms with E-state index in [1.165, 1.54) is 0 Å². The first kappa shape index (κ1) is 12.6. The van der Waals surface area contributed by atoms with E-state index in [9.17, 15) is 9.59 Å². The molecule has 4 heteroatoms. The predicted molar refractivity (Wildman–Crippen MR) is 65.8 cm³/mol. The molecule has 1 aliphatic carbocycles. The Labute approximate surface area is 106 Å². The lowest BCUT2D eigenvalue weighted by atomic mass is 9.88. The summed E-state index contributed by atoms with van der Waals surface area (Å²) in [6.07, 6.45) is 2.08. The normalized spacial score (nSPS) is 22.7. The fourth-order valence-electron chi connectivity index (χ4n) is 2.54. The molecule has 1 saturated carbocycles.